The maximum absolute atomic E-state index is 4.20. The van der Waals surface area contributed by atoms with Crippen LogP contribution in [0.2, 0.25) is 0 Å². The second kappa shape index (κ2) is 4.06. The fraction of sp³-hybridized carbons (Fsp3) is 0.556. The number of hydrogen-bond donors (Lipinski definition) is 0. The molecule has 2 nitrogen and oxygen atoms in total. The Hall–Kier alpha value is -0.920. The predicted molar refractivity (Wildman–Crippen MR) is 44.2 cm³/mol. The van der Waals surface area contributed by atoms with Gasteiger partial charge < -0.3 is 0 Å². The first-order valence-corrected chi connectivity index (χ1v) is 4.07. The summed E-state index contributed by atoms with van der Waals surface area (Å²) >= 11 is 0. The third kappa shape index (κ3) is 2.00. The van der Waals surface area contributed by atoms with Crippen LogP contribution in [0.5, 0.6) is 0 Å². The van der Waals surface area contributed by atoms with Crippen LogP contribution in [0.15, 0.2) is 12.4 Å². The van der Waals surface area contributed by atoms with Crippen molar-refractivity contribution in [2.45, 2.75) is 32.6 Å². The van der Waals surface area contributed by atoms with Gasteiger partial charge in [-0.15, -0.1) is 0 Å². The van der Waals surface area contributed by atoms with E-state index in [0.29, 0.717) is 5.92 Å². The van der Waals surface area contributed by atoms with Crippen LogP contribution in [0, 0.1) is 6.20 Å². The summed E-state index contributed by atoms with van der Waals surface area (Å²) in [6, 6.07) is 0. The van der Waals surface area contributed by atoms with E-state index in [9.17, 15) is 0 Å². The number of nitrogens with zero attached hydrogens (tertiary/aromatic N) is 2. The van der Waals surface area contributed by atoms with E-state index in [1.54, 1.807) is 12.4 Å². The molecule has 1 aromatic rings. The Morgan fingerprint density at radius 1 is 1.36 bits per heavy atom. The minimum atomic E-state index is 0.531. The van der Waals surface area contributed by atoms with Crippen molar-refractivity contribution in [3.63, 3.8) is 0 Å². The average Bonchev–Trinajstić information content (AvgIpc) is 2.09. The van der Waals surface area contributed by atoms with Gasteiger partial charge in [0.2, 0.25) is 0 Å². The molecular formula is C9H13N2. The summed E-state index contributed by atoms with van der Waals surface area (Å²) < 4.78 is 0. The molecule has 11 heavy (non-hydrogen) atoms. The van der Waals surface area contributed by atoms with Crippen LogP contribution < -0.4 is 0 Å². The standard InChI is InChI=1S/C9H13N2/c1-3-8(4-2)9-7-10-5-6-11-9/h5-6,8H,3-4H2,1-2H3. The van der Waals surface area contributed by atoms with Gasteiger partial charge in [-0.1, -0.05) is 13.8 Å². The van der Waals surface area contributed by atoms with E-state index in [1.165, 1.54) is 0 Å². The van der Waals surface area contributed by atoms with Gasteiger partial charge in [-0.3, -0.25) is 9.97 Å². The third-order valence-electron chi connectivity index (χ3n) is 1.91. The second-order valence-electron chi connectivity index (χ2n) is 2.57. The smallest absolute Gasteiger partial charge is 0.112 e. The molecule has 0 saturated carbocycles. The fourth-order valence-corrected chi connectivity index (χ4v) is 1.15. The lowest BCUT2D eigenvalue weighted by atomic mass is 10.0. The first kappa shape index (κ1) is 8.18. The largest absolute Gasteiger partial charge is 0.257 e. The Labute approximate surface area is 67.7 Å². The highest BCUT2D eigenvalue weighted by Gasteiger charge is 2.07. The van der Waals surface area contributed by atoms with Crippen LogP contribution in [-0.2, 0) is 0 Å². The summed E-state index contributed by atoms with van der Waals surface area (Å²) in [6.07, 6.45) is 8.53. The van der Waals surface area contributed by atoms with Crippen LogP contribution in [-0.4, -0.2) is 9.97 Å². The van der Waals surface area contributed by atoms with Crippen LogP contribution in [0.25, 0.3) is 0 Å². The molecule has 2 heteroatoms. The van der Waals surface area contributed by atoms with E-state index in [4.69, 9.17) is 0 Å². The van der Waals surface area contributed by atoms with Gasteiger partial charge in [-0.05, 0) is 12.8 Å². The van der Waals surface area contributed by atoms with Gasteiger partial charge in [-0.25, -0.2) is 0 Å². The molecule has 0 bridgehead atoms. The van der Waals surface area contributed by atoms with E-state index < -0.39 is 0 Å². The van der Waals surface area contributed by atoms with Gasteiger partial charge in [0, 0.05) is 18.3 Å². The summed E-state index contributed by atoms with van der Waals surface area (Å²) in [5.41, 5.74) is 0.998. The Kier molecular flexibility index (Phi) is 3.02. The van der Waals surface area contributed by atoms with E-state index in [2.05, 4.69) is 30.0 Å². The van der Waals surface area contributed by atoms with Gasteiger partial charge in [0.25, 0.3) is 0 Å². The zero-order chi connectivity index (χ0) is 8.10. The second-order valence-corrected chi connectivity index (χ2v) is 2.57. The van der Waals surface area contributed by atoms with E-state index in [-0.39, 0.29) is 0 Å². The number of rotatable bonds is 3. The van der Waals surface area contributed by atoms with Gasteiger partial charge >= 0.3 is 0 Å². The van der Waals surface area contributed by atoms with Crippen molar-refractivity contribution in [2.75, 3.05) is 0 Å². The van der Waals surface area contributed by atoms with Crippen molar-refractivity contribution in [3.05, 3.63) is 24.3 Å². The molecule has 0 aliphatic heterocycles. The molecule has 0 aliphatic rings. The molecular weight excluding hydrogens is 136 g/mol. The number of hydrogen-bond acceptors (Lipinski definition) is 2. The van der Waals surface area contributed by atoms with Gasteiger partial charge in [0.1, 0.15) is 6.20 Å². The molecule has 1 heterocycles. The van der Waals surface area contributed by atoms with Crippen LogP contribution in [0.1, 0.15) is 38.3 Å². The topological polar surface area (TPSA) is 25.8 Å². The van der Waals surface area contributed by atoms with Crippen LogP contribution >= 0.6 is 0 Å². The van der Waals surface area contributed by atoms with Gasteiger partial charge in [0.05, 0.1) is 5.69 Å². The Morgan fingerprint density at radius 2 is 2.09 bits per heavy atom. The molecule has 1 rings (SSSR count). The first-order valence-electron chi connectivity index (χ1n) is 4.07. The maximum Gasteiger partial charge on any atom is 0.112 e. The minimum Gasteiger partial charge on any atom is -0.257 e. The molecule has 0 amide bonds. The van der Waals surface area contributed by atoms with Crippen molar-refractivity contribution in [1.29, 1.82) is 0 Å². The molecule has 0 fully saturated rings. The Bertz CT molecular complexity index is 192. The fourth-order valence-electron chi connectivity index (χ4n) is 1.15. The predicted octanol–water partition coefficient (Wildman–Crippen LogP) is 2.18. The van der Waals surface area contributed by atoms with E-state index in [1.807, 2.05) is 0 Å². The van der Waals surface area contributed by atoms with E-state index in [0.717, 1.165) is 18.5 Å². The lowest BCUT2D eigenvalue weighted by molar-refractivity contribution is 0.618. The van der Waals surface area contributed by atoms with Gasteiger partial charge in [0.15, 0.2) is 0 Å². The SMILES string of the molecule is CCC(CC)c1[c]nccn1. The van der Waals surface area contributed by atoms with Crippen molar-refractivity contribution >= 4 is 0 Å². The average molecular weight is 149 g/mol. The third-order valence-corrected chi connectivity index (χ3v) is 1.91. The summed E-state index contributed by atoms with van der Waals surface area (Å²) in [7, 11) is 0. The lowest BCUT2D eigenvalue weighted by Gasteiger charge is -2.08. The van der Waals surface area contributed by atoms with Crippen molar-refractivity contribution < 1.29 is 0 Å². The van der Waals surface area contributed by atoms with Crippen molar-refractivity contribution in [3.8, 4) is 0 Å². The Balaban J connectivity index is 2.74. The Morgan fingerprint density at radius 3 is 2.55 bits per heavy atom. The molecule has 0 N–H and O–H groups in total. The molecule has 1 radical (unpaired) electrons. The minimum absolute atomic E-state index is 0.531. The van der Waals surface area contributed by atoms with Crippen LogP contribution in [0.4, 0.5) is 0 Å². The molecule has 1 aromatic heterocycles. The lowest BCUT2D eigenvalue weighted by Crippen LogP contribution is -1.98. The molecule has 59 valence electrons. The molecule has 0 atom stereocenters. The highest BCUT2D eigenvalue weighted by molar-refractivity contribution is 5.00. The normalized spacial score (nSPS) is 10.5. The molecule has 0 spiro atoms. The zero-order valence-electron chi connectivity index (χ0n) is 7.04. The summed E-state index contributed by atoms with van der Waals surface area (Å²) in [4.78, 5) is 8.12. The molecule has 0 unspecified atom stereocenters. The van der Waals surface area contributed by atoms with Crippen molar-refractivity contribution in [2.24, 2.45) is 0 Å². The highest BCUT2D eigenvalue weighted by atomic mass is 14.8. The quantitative estimate of drug-likeness (QED) is 0.658. The molecule has 0 aliphatic carbocycles. The molecule has 0 saturated heterocycles. The van der Waals surface area contributed by atoms with Crippen molar-refractivity contribution in [1.82, 2.24) is 9.97 Å². The maximum atomic E-state index is 4.20. The van der Waals surface area contributed by atoms with E-state index >= 15 is 0 Å². The van der Waals surface area contributed by atoms with Gasteiger partial charge in [-0.2, -0.15) is 0 Å². The summed E-state index contributed by atoms with van der Waals surface area (Å²) in [6.45, 7) is 4.33. The zero-order valence-corrected chi connectivity index (χ0v) is 7.04. The number of aromatic nitrogens is 2. The monoisotopic (exact) mass is 149 g/mol. The highest BCUT2D eigenvalue weighted by Crippen LogP contribution is 2.18. The van der Waals surface area contributed by atoms with Crippen LogP contribution in [0.3, 0.4) is 0 Å². The first-order chi connectivity index (χ1) is 5.38. The summed E-state index contributed by atoms with van der Waals surface area (Å²) in [5, 5.41) is 0. The molecule has 0 aromatic carbocycles. The summed E-state index contributed by atoms with van der Waals surface area (Å²) in [5.74, 6) is 0.531.